The third-order valence-corrected chi connectivity index (χ3v) is 10.6. The molecule has 3 aliphatic heterocycles. The molecule has 0 radical (unpaired) electrons. The molecule has 6 bridgehead atoms. The molecule has 9 nitrogen and oxygen atoms in total. The van der Waals surface area contributed by atoms with Crippen molar-refractivity contribution in [2.75, 3.05) is 24.6 Å². The van der Waals surface area contributed by atoms with Crippen LogP contribution in [0.25, 0.3) is 28.0 Å². The summed E-state index contributed by atoms with van der Waals surface area (Å²) in [5.41, 5.74) is 6.15. The zero-order valence-electron chi connectivity index (χ0n) is 28.9. The van der Waals surface area contributed by atoms with Crippen molar-refractivity contribution >= 4 is 17.4 Å². The van der Waals surface area contributed by atoms with E-state index in [1.165, 1.54) is 0 Å². The predicted molar refractivity (Wildman–Crippen MR) is 187 cm³/mol. The minimum absolute atomic E-state index is 0.0740. The molecule has 1 N–H and O–H groups in total. The van der Waals surface area contributed by atoms with Crippen LogP contribution in [0.1, 0.15) is 95.1 Å². The molecule has 0 amide bonds. The molecule has 4 aromatic rings. The molecule has 8 rings (SSSR count). The Morgan fingerprint density at radius 1 is 1.00 bits per heavy atom. The molecule has 0 unspecified atom stereocenters. The van der Waals surface area contributed by atoms with Gasteiger partial charge in [0.15, 0.2) is 11.8 Å². The first-order chi connectivity index (χ1) is 23.0. The van der Waals surface area contributed by atoms with Gasteiger partial charge in [-0.05, 0) is 110 Å². The number of aryl methyl sites for hydroxylation is 2. The molecule has 254 valence electrons. The van der Waals surface area contributed by atoms with E-state index in [1.54, 1.807) is 0 Å². The van der Waals surface area contributed by atoms with E-state index in [-0.39, 0.29) is 11.7 Å². The van der Waals surface area contributed by atoms with Crippen LogP contribution in [0.15, 0.2) is 48.5 Å². The average molecular weight is 653 g/mol. The zero-order chi connectivity index (χ0) is 33.6. The molecular weight excluding hydrogens is 604 g/mol. The Bertz CT molecular complexity index is 1820. The van der Waals surface area contributed by atoms with Crippen molar-refractivity contribution in [3.05, 3.63) is 65.4 Å². The molecule has 2 aromatic heterocycles. The predicted octanol–water partition coefficient (Wildman–Crippen LogP) is 8.09. The molecule has 1 saturated carbocycles. The molecular formula is C39H48N4O5. The van der Waals surface area contributed by atoms with Crippen LogP contribution in [0.5, 0.6) is 5.75 Å². The number of benzene rings is 2. The zero-order valence-corrected chi connectivity index (χ0v) is 28.9. The Labute approximate surface area is 283 Å². The van der Waals surface area contributed by atoms with Crippen LogP contribution in [-0.4, -0.2) is 62.7 Å². The van der Waals surface area contributed by atoms with E-state index in [0.29, 0.717) is 36.6 Å². The molecule has 48 heavy (non-hydrogen) atoms. The maximum Gasteiger partial charge on any atom is 0.337 e. The van der Waals surface area contributed by atoms with Gasteiger partial charge in [0, 0.05) is 42.6 Å². The van der Waals surface area contributed by atoms with E-state index in [0.717, 1.165) is 90.9 Å². The molecule has 5 heterocycles. The number of aliphatic carboxylic acids is 1. The monoisotopic (exact) mass is 652 g/mol. The summed E-state index contributed by atoms with van der Waals surface area (Å²) < 4.78 is 21.4. The highest BCUT2D eigenvalue weighted by molar-refractivity contribution is 5.80. The molecule has 0 spiro atoms. The van der Waals surface area contributed by atoms with Crippen LogP contribution >= 0.6 is 0 Å². The first kappa shape index (κ1) is 32.6. The van der Waals surface area contributed by atoms with Gasteiger partial charge in [-0.25, -0.2) is 9.78 Å². The number of fused-ring (bicyclic) bond motifs is 8. The van der Waals surface area contributed by atoms with Gasteiger partial charge in [-0.1, -0.05) is 29.8 Å². The lowest BCUT2D eigenvalue weighted by Crippen LogP contribution is -2.46. The van der Waals surface area contributed by atoms with Crippen LogP contribution < -0.4 is 9.64 Å². The Kier molecular flexibility index (Phi) is 8.71. The topological polar surface area (TPSA) is 98.4 Å². The molecule has 2 fully saturated rings. The number of hydrogen-bond acceptors (Lipinski definition) is 7. The van der Waals surface area contributed by atoms with Crippen molar-refractivity contribution in [3.63, 3.8) is 0 Å². The van der Waals surface area contributed by atoms with Gasteiger partial charge in [0.05, 0.1) is 28.6 Å². The van der Waals surface area contributed by atoms with Crippen molar-refractivity contribution in [1.29, 1.82) is 0 Å². The number of piperidine rings is 1. The largest absolute Gasteiger partial charge is 0.490 e. The lowest BCUT2D eigenvalue weighted by molar-refractivity contribution is -0.174. The molecule has 2 atom stereocenters. The summed E-state index contributed by atoms with van der Waals surface area (Å²) in [7, 11) is 0. The lowest BCUT2D eigenvalue weighted by Gasteiger charge is -2.43. The number of aromatic nitrogens is 3. The second-order valence-electron chi connectivity index (χ2n) is 14.7. The molecule has 4 aliphatic rings. The maximum absolute atomic E-state index is 13.0. The van der Waals surface area contributed by atoms with E-state index in [4.69, 9.17) is 24.3 Å². The number of carboxylic acid groups (broad SMARTS) is 1. The van der Waals surface area contributed by atoms with E-state index >= 15 is 0 Å². The van der Waals surface area contributed by atoms with E-state index < -0.39 is 17.7 Å². The summed E-state index contributed by atoms with van der Waals surface area (Å²) >= 11 is 0. The van der Waals surface area contributed by atoms with Crippen LogP contribution in [0.4, 0.5) is 5.82 Å². The number of carbonyl (C=O) groups is 1. The summed E-state index contributed by atoms with van der Waals surface area (Å²) in [6.45, 7) is 12.5. The van der Waals surface area contributed by atoms with Gasteiger partial charge in [-0.3, -0.25) is 0 Å². The third-order valence-electron chi connectivity index (χ3n) is 10.6. The SMILES string of the molecule is Cc1ccc2c(c1)-c1cccc(c1)-c1cc3nc(C)c([C@H](OC4(C)CCC4)C(=O)O)c(n3n1)N1CCC(C)(CC1)OCCCC[C@H](C)O2. The smallest absolute Gasteiger partial charge is 0.337 e. The summed E-state index contributed by atoms with van der Waals surface area (Å²) in [5.74, 6) is 0.605. The molecule has 9 heteroatoms. The van der Waals surface area contributed by atoms with Gasteiger partial charge < -0.3 is 24.2 Å². The minimum atomic E-state index is -1.16. The Balaban J connectivity index is 1.38. The Morgan fingerprint density at radius 2 is 1.77 bits per heavy atom. The van der Waals surface area contributed by atoms with Crippen molar-refractivity contribution in [2.45, 2.75) is 109 Å². The fraction of sp³-hybridized carbons (Fsp3) is 0.513. The highest BCUT2D eigenvalue weighted by atomic mass is 16.5. The minimum Gasteiger partial charge on any atom is -0.490 e. The lowest BCUT2D eigenvalue weighted by atomic mass is 9.81. The number of rotatable bonds is 4. The van der Waals surface area contributed by atoms with Crippen molar-refractivity contribution in [1.82, 2.24) is 14.6 Å². The Morgan fingerprint density at radius 3 is 2.50 bits per heavy atom. The summed E-state index contributed by atoms with van der Waals surface area (Å²) in [6, 6.07) is 16.7. The molecule has 1 aliphatic carbocycles. The average Bonchev–Trinajstić information content (AvgIpc) is 3.47. The summed E-state index contributed by atoms with van der Waals surface area (Å²) in [5, 5.41) is 15.8. The number of carboxylic acids is 1. The standard InChI is InChI=1S/C39H48N4O5/c1-25-13-14-32-30(22-25)28-11-8-12-29(23-28)31-24-33-40-27(3)34(35(37(44)45)48-39(5)15-9-16-39)36(43(33)41-31)42-19-17-38(4,18-20-42)46-21-7-6-10-26(2)47-32/h8,11-14,22-24,26,35H,6-7,9-10,15-21H2,1-5H3,(H,44,45)/t26-,35-/m0/s1. The third kappa shape index (κ3) is 6.42. The van der Waals surface area contributed by atoms with E-state index in [2.05, 4.69) is 68.1 Å². The molecule has 1 saturated heterocycles. The van der Waals surface area contributed by atoms with E-state index in [1.807, 2.05) is 24.4 Å². The number of ether oxygens (including phenoxy) is 3. The molecule has 2 aromatic carbocycles. The van der Waals surface area contributed by atoms with Crippen molar-refractivity contribution in [3.8, 4) is 28.1 Å². The van der Waals surface area contributed by atoms with Gasteiger partial charge in [0.1, 0.15) is 11.6 Å². The number of nitrogens with zero attached hydrogens (tertiary/aromatic N) is 4. The van der Waals surface area contributed by atoms with Crippen LogP contribution in [0, 0.1) is 13.8 Å². The van der Waals surface area contributed by atoms with Crippen molar-refractivity contribution in [2.24, 2.45) is 0 Å². The highest BCUT2D eigenvalue weighted by Gasteiger charge is 2.42. The van der Waals surface area contributed by atoms with Crippen LogP contribution in [-0.2, 0) is 14.3 Å². The van der Waals surface area contributed by atoms with Gasteiger partial charge in [0.2, 0.25) is 0 Å². The van der Waals surface area contributed by atoms with Crippen LogP contribution in [0.2, 0.25) is 0 Å². The maximum atomic E-state index is 13.0. The quantitative estimate of drug-likeness (QED) is 0.236. The van der Waals surface area contributed by atoms with Gasteiger partial charge in [-0.2, -0.15) is 9.61 Å². The van der Waals surface area contributed by atoms with Crippen molar-refractivity contribution < 1.29 is 24.1 Å². The summed E-state index contributed by atoms with van der Waals surface area (Å²) in [6.07, 6.45) is 6.21. The second kappa shape index (κ2) is 12.8. The Hall–Kier alpha value is -3.95. The summed E-state index contributed by atoms with van der Waals surface area (Å²) in [4.78, 5) is 20.2. The fourth-order valence-electron chi connectivity index (χ4n) is 7.46. The fourth-order valence-corrected chi connectivity index (χ4v) is 7.46. The van der Waals surface area contributed by atoms with Gasteiger partial charge >= 0.3 is 5.97 Å². The van der Waals surface area contributed by atoms with E-state index in [9.17, 15) is 9.90 Å². The first-order valence-electron chi connectivity index (χ1n) is 17.6. The highest BCUT2D eigenvalue weighted by Crippen LogP contribution is 2.43. The van der Waals surface area contributed by atoms with Crippen LogP contribution in [0.3, 0.4) is 0 Å². The second-order valence-corrected chi connectivity index (χ2v) is 14.7. The number of hydrogen-bond donors (Lipinski definition) is 1. The van der Waals surface area contributed by atoms with Gasteiger partial charge in [0.25, 0.3) is 0 Å². The first-order valence-corrected chi connectivity index (χ1v) is 17.6. The number of anilines is 1. The van der Waals surface area contributed by atoms with Gasteiger partial charge in [-0.15, -0.1) is 0 Å². The normalized spacial score (nSPS) is 23.3.